The van der Waals surface area contributed by atoms with Gasteiger partial charge in [0.15, 0.2) is 6.61 Å². The third kappa shape index (κ3) is 0.999. The van der Waals surface area contributed by atoms with Gasteiger partial charge in [0, 0.05) is 16.3 Å². The standard InChI is InChI=1S/C13H10O3/c1-7-11-10(14)6-16-13(11)9-5-3-2-4-8(9)12(7)15/h2-5,15H,6H2,1H3. The van der Waals surface area contributed by atoms with Crippen LogP contribution in [0.2, 0.25) is 0 Å². The molecule has 3 nitrogen and oxygen atoms in total. The SMILES string of the molecule is Cc1c2c(c3ccccc3c1O)OCC2=O. The molecular formula is C13H10O3. The lowest BCUT2D eigenvalue weighted by molar-refractivity contribution is 0.0961. The lowest BCUT2D eigenvalue weighted by Crippen LogP contribution is -2.00. The Morgan fingerprint density at radius 2 is 1.94 bits per heavy atom. The minimum Gasteiger partial charge on any atom is -0.507 e. The van der Waals surface area contributed by atoms with Gasteiger partial charge in [-0.2, -0.15) is 0 Å². The van der Waals surface area contributed by atoms with Gasteiger partial charge in [0.2, 0.25) is 5.78 Å². The number of rotatable bonds is 0. The summed E-state index contributed by atoms with van der Waals surface area (Å²) in [5.74, 6) is 0.720. The van der Waals surface area contributed by atoms with Crippen LogP contribution in [0.5, 0.6) is 11.5 Å². The van der Waals surface area contributed by atoms with Crippen LogP contribution in [0.25, 0.3) is 10.8 Å². The van der Waals surface area contributed by atoms with Crippen molar-refractivity contribution in [3.8, 4) is 11.5 Å². The second kappa shape index (κ2) is 2.98. The van der Waals surface area contributed by atoms with E-state index >= 15 is 0 Å². The number of fused-ring (bicyclic) bond motifs is 3. The number of ether oxygens (including phenoxy) is 1. The van der Waals surface area contributed by atoms with Gasteiger partial charge in [-0.25, -0.2) is 0 Å². The quantitative estimate of drug-likeness (QED) is 0.732. The maximum absolute atomic E-state index is 11.6. The molecule has 2 aromatic carbocycles. The third-order valence-corrected chi connectivity index (χ3v) is 3.01. The van der Waals surface area contributed by atoms with Crippen LogP contribution in [0.3, 0.4) is 0 Å². The molecule has 0 amide bonds. The molecule has 1 aliphatic rings. The zero-order chi connectivity index (χ0) is 11.3. The fraction of sp³-hybridized carbons (Fsp3) is 0.154. The van der Waals surface area contributed by atoms with E-state index in [0.717, 1.165) is 10.8 Å². The predicted molar refractivity (Wildman–Crippen MR) is 60.2 cm³/mol. The first kappa shape index (κ1) is 9.21. The summed E-state index contributed by atoms with van der Waals surface area (Å²) < 4.78 is 5.40. The first-order chi connectivity index (χ1) is 7.70. The van der Waals surface area contributed by atoms with Crippen molar-refractivity contribution < 1.29 is 14.6 Å². The van der Waals surface area contributed by atoms with Crippen LogP contribution in [-0.2, 0) is 0 Å². The molecule has 1 aliphatic heterocycles. The summed E-state index contributed by atoms with van der Waals surface area (Å²) in [5.41, 5.74) is 1.13. The average molecular weight is 214 g/mol. The van der Waals surface area contributed by atoms with Crippen molar-refractivity contribution in [2.75, 3.05) is 6.61 Å². The highest BCUT2D eigenvalue weighted by Gasteiger charge is 2.28. The van der Waals surface area contributed by atoms with E-state index in [1.54, 1.807) is 6.92 Å². The fourth-order valence-corrected chi connectivity index (χ4v) is 2.21. The molecule has 0 atom stereocenters. The Morgan fingerprint density at radius 1 is 1.25 bits per heavy atom. The Hall–Kier alpha value is -2.03. The number of hydrogen-bond donors (Lipinski definition) is 1. The minimum atomic E-state index is -0.0615. The maximum Gasteiger partial charge on any atom is 0.204 e. The summed E-state index contributed by atoms with van der Waals surface area (Å²) in [5, 5.41) is 11.6. The van der Waals surface area contributed by atoms with Crippen LogP contribution in [0.1, 0.15) is 15.9 Å². The van der Waals surface area contributed by atoms with E-state index < -0.39 is 0 Å². The van der Waals surface area contributed by atoms with Gasteiger partial charge in [0.25, 0.3) is 0 Å². The zero-order valence-corrected chi connectivity index (χ0v) is 8.78. The molecule has 80 valence electrons. The number of carbonyl (C=O) groups excluding carboxylic acids is 1. The predicted octanol–water partition coefficient (Wildman–Crippen LogP) is 2.43. The van der Waals surface area contributed by atoms with Gasteiger partial charge < -0.3 is 9.84 Å². The van der Waals surface area contributed by atoms with Gasteiger partial charge in [-0.1, -0.05) is 24.3 Å². The van der Waals surface area contributed by atoms with Crippen molar-refractivity contribution in [3.63, 3.8) is 0 Å². The monoisotopic (exact) mass is 214 g/mol. The van der Waals surface area contributed by atoms with Crippen LogP contribution < -0.4 is 4.74 Å². The molecule has 0 bridgehead atoms. The molecule has 0 spiro atoms. The fourth-order valence-electron chi connectivity index (χ4n) is 2.21. The number of phenolic OH excluding ortho intramolecular Hbond substituents is 1. The van der Waals surface area contributed by atoms with Crippen molar-refractivity contribution in [3.05, 3.63) is 35.4 Å². The van der Waals surface area contributed by atoms with Gasteiger partial charge in [0.05, 0.1) is 5.56 Å². The first-order valence-corrected chi connectivity index (χ1v) is 5.10. The molecule has 0 unspecified atom stereocenters. The molecule has 2 aromatic rings. The lowest BCUT2D eigenvalue weighted by atomic mass is 9.98. The van der Waals surface area contributed by atoms with Crippen LogP contribution in [-0.4, -0.2) is 17.5 Å². The number of ketones is 1. The summed E-state index contributed by atoms with van der Waals surface area (Å²) in [7, 11) is 0. The summed E-state index contributed by atoms with van der Waals surface area (Å²) in [6.07, 6.45) is 0. The van der Waals surface area contributed by atoms with Crippen LogP contribution in [0.15, 0.2) is 24.3 Å². The molecule has 0 radical (unpaired) electrons. The van der Waals surface area contributed by atoms with Gasteiger partial charge in [-0.15, -0.1) is 0 Å². The number of phenols is 1. The van der Waals surface area contributed by atoms with Crippen molar-refractivity contribution >= 4 is 16.6 Å². The Balaban J connectivity index is 2.54. The number of benzene rings is 2. The summed E-state index contributed by atoms with van der Waals surface area (Å²) >= 11 is 0. The number of hydrogen-bond acceptors (Lipinski definition) is 3. The Morgan fingerprint density at radius 3 is 2.69 bits per heavy atom. The average Bonchev–Trinajstić information content (AvgIpc) is 2.69. The number of Topliss-reactive ketones (excluding diaryl/α,β-unsaturated/α-hetero) is 1. The lowest BCUT2D eigenvalue weighted by Gasteiger charge is -2.09. The molecular weight excluding hydrogens is 204 g/mol. The van der Waals surface area contributed by atoms with Crippen molar-refractivity contribution in [1.82, 2.24) is 0 Å². The van der Waals surface area contributed by atoms with Gasteiger partial charge in [-0.3, -0.25) is 4.79 Å². The van der Waals surface area contributed by atoms with E-state index in [1.807, 2.05) is 24.3 Å². The van der Waals surface area contributed by atoms with Crippen molar-refractivity contribution in [1.29, 1.82) is 0 Å². The highest BCUT2D eigenvalue weighted by Crippen LogP contribution is 2.42. The number of carbonyl (C=O) groups is 1. The maximum atomic E-state index is 11.6. The molecule has 16 heavy (non-hydrogen) atoms. The smallest absolute Gasteiger partial charge is 0.204 e. The van der Waals surface area contributed by atoms with Crippen molar-refractivity contribution in [2.45, 2.75) is 6.92 Å². The number of aromatic hydroxyl groups is 1. The second-order valence-corrected chi connectivity index (χ2v) is 3.94. The Kier molecular flexibility index (Phi) is 1.72. The first-order valence-electron chi connectivity index (χ1n) is 5.10. The Bertz CT molecular complexity index is 614. The van der Waals surface area contributed by atoms with E-state index in [9.17, 15) is 9.90 Å². The summed E-state index contributed by atoms with van der Waals surface area (Å²) in [4.78, 5) is 11.6. The van der Waals surface area contributed by atoms with E-state index in [-0.39, 0.29) is 18.1 Å². The van der Waals surface area contributed by atoms with E-state index in [4.69, 9.17) is 4.74 Å². The molecule has 0 saturated heterocycles. The van der Waals surface area contributed by atoms with Crippen molar-refractivity contribution in [2.24, 2.45) is 0 Å². The van der Waals surface area contributed by atoms with E-state index in [0.29, 0.717) is 16.9 Å². The molecule has 1 heterocycles. The van der Waals surface area contributed by atoms with Crippen LogP contribution in [0.4, 0.5) is 0 Å². The highest BCUT2D eigenvalue weighted by molar-refractivity contribution is 6.11. The molecule has 0 aliphatic carbocycles. The van der Waals surface area contributed by atoms with Gasteiger partial charge in [-0.05, 0) is 6.92 Å². The molecule has 0 fully saturated rings. The van der Waals surface area contributed by atoms with Crippen LogP contribution in [0, 0.1) is 6.92 Å². The molecule has 1 N–H and O–H groups in total. The highest BCUT2D eigenvalue weighted by atomic mass is 16.5. The van der Waals surface area contributed by atoms with Gasteiger partial charge >= 0.3 is 0 Å². The van der Waals surface area contributed by atoms with Crippen LogP contribution >= 0.6 is 0 Å². The third-order valence-electron chi connectivity index (χ3n) is 3.01. The summed E-state index contributed by atoms with van der Waals surface area (Å²) in [6.45, 7) is 1.82. The van der Waals surface area contributed by atoms with E-state index in [2.05, 4.69) is 0 Å². The molecule has 3 rings (SSSR count). The Labute approximate surface area is 92.3 Å². The minimum absolute atomic E-state index is 0.0615. The topological polar surface area (TPSA) is 46.5 Å². The van der Waals surface area contributed by atoms with Gasteiger partial charge in [0.1, 0.15) is 11.5 Å². The molecule has 0 saturated carbocycles. The largest absolute Gasteiger partial charge is 0.507 e. The zero-order valence-electron chi connectivity index (χ0n) is 8.78. The molecule has 3 heteroatoms. The summed E-state index contributed by atoms with van der Waals surface area (Å²) in [6, 6.07) is 7.39. The second-order valence-electron chi connectivity index (χ2n) is 3.94. The molecule has 0 aromatic heterocycles. The van der Waals surface area contributed by atoms with E-state index in [1.165, 1.54) is 0 Å². The normalized spacial score (nSPS) is 13.9.